The number of rotatable bonds is 6. The summed E-state index contributed by atoms with van der Waals surface area (Å²) in [6, 6.07) is 7.58. The normalized spacial score (nSPS) is 10.9. The van der Waals surface area contributed by atoms with Crippen molar-refractivity contribution < 1.29 is 44.3 Å². The third-order valence-corrected chi connectivity index (χ3v) is 5.22. The van der Waals surface area contributed by atoms with Crippen molar-refractivity contribution in [2.75, 3.05) is 27.2 Å². The molecule has 0 saturated carbocycles. The van der Waals surface area contributed by atoms with Crippen LogP contribution in [0.5, 0.6) is 5.88 Å². The van der Waals surface area contributed by atoms with Crippen LogP contribution >= 0.6 is 22.9 Å². The summed E-state index contributed by atoms with van der Waals surface area (Å²) in [5.74, 6) is -1.03. The first kappa shape index (κ1) is 22.9. The number of thiophene rings is 1. The van der Waals surface area contributed by atoms with Gasteiger partial charge in [0.25, 0.3) is 0 Å². The van der Waals surface area contributed by atoms with Crippen molar-refractivity contribution in [3.8, 4) is 5.88 Å². The Bertz CT molecular complexity index is 986. The zero-order valence-electron chi connectivity index (χ0n) is 16.0. The van der Waals surface area contributed by atoms with Crippen LogP contribution in [0, 0.1) is 0 Å². The first-order chi connectivity index (χ1) is 12.9. The largest absolute Gasteiger partial charge is 1.00 e. The van der Waals surface area contributed by atoms with Gasteiger partial charge in [-0.15, -0.1) is 11.3 Å². The standard InChI is InChI=1S/C19H20ClN3O3S.Na/c1-22(2)9-4-8-21-19(26)23-14-7-6-12(20)11-13(14)16(18(23)25)17(24)15-5-3-10-27-15;/h3,5-7,10-11,25H,4,8-9H2,1-2H3,(H,21,26);/q;+1/p-1/i17+2;. The number of hydrogen-bond donors (Lipinski definition) is 1. The van der Waals surface area contributed by atoms with Crippen LogP contribution < -0.4 is 40.0 Å². The van der Waals surface area contributed by atoms with E-state index in [0.717, 1.165) is 17.5 Å². The Morgan fingerprint density at radius 3 is 2.75 bits per heavy atom. The minimum absolute atomic E-state index is 0. The Hall–Kier alpha value is -1.35. The van der Waals surface area contributed by atoms with Gasteiger partial charge in [0.15, 0.2) is 0 Å². The molecule has 3 rings (SSSR count). The number of aromatic nitrogens is 1. The average molecular weight is 430 g/mol. The Morgan fingerprint density at radius 1 is 1.36 bits per heavy atom. The van der Waals surface area contributed by atoms with Crippen LogP contribution in [0.4, 0.5) is 4.79 Å². The molecule has 1 aromatic carbocycles. The molecule has 1 N–H and O–H groups in total. The molecular weight excluding hydrogens is 411 g/mol. The van der Waals surface area contributed by atoms with Crippen molar-refractivity contribution in [3.05, 3.63) is 51.2 Å². The smallest absolute Gasteiger partial charge is 0.859 e. The third kappa shape index (κ3) is 4.79. The number of benzene rings is 1. The van der Waals surface area contributed by atoms with Gasteiger partial charge in [0.1, 0.15) is 0 Å². The van der Waals surface area contributed by atoms with Crippen molar-refractivity contribution in [2.24, 2.45) is 0 Å². The number of ketones is 1. The topological polar surface area (TPSA) is 77.4 Å². The Labute approximate surface area is 194 Å². The van der Waals surface area contributed by atoms with E-state index in [1.54, 1.807) is 35.7 Å². The van der Waals surface area contributed by atoms with Crippen molar-refractivity contribution in [2.45, 2.75) is 6.42 Å². The molecule has 142 valence electrons. The van der Waals surface area contributed by atoms with Crippen molar-refractivity contribution in [3.63, 3.8) is 0 Å². The summed E-state index contributed by atoms with van der Waals surface area (Å²) < 4.78 is 1.02. The van der Waals surface area contributed by atoms with Gasteiger partial charge in [-0.05, 0) is 62.6 Å². The number of nitrogens with one attached hydrogen (secondary N) is 1. The van der Waals surface area contributed by atoms with Crippen molar-refractivity contribution >= 4 is 45.7 Å². The fourth-order valence-corrected chi connectivity index (χ4v) is 3.70. The van der Waals surface area contributed by atoms with E-state index in [1.165, 1.54) is 11.3 Å². The predicted octanol–water partition coefficient (Wildman–Crippen LogP) is 0.174. The van der Waals surface area contributed by atoms with E-state index in [-0.39, 0.29) is 35.1 Å². The molecule has 0 saturated heterocycles. The summed E-state index contributed by atoms with van der Waals surface area (Å²) in [5.41, 5.74) is 0.341. The summed E-state index contributed by atoms with van der Waals surface area (Å²) in [7, 11) is 3.90. The van der Waals surface area contributed by atoms with Crippen LogP contribution in [0.25, 0.3) is 10.9 Å². The molecule has 6 nitrogen and oxygen atoms in total. The molecule has 0 aliphatic carbocycles. The van der Waals surface area contributed by atoms with Gasteiger partial charge < -0.3 is 15.3 Å². The maximum Gasteiger partial charge on any atom is 1.00 e. The molecule has 0 aliphatic rings. The van der Waals surface area contributed by atoms with Crippen molar-refractivity contribution in [1.29, 1.82) is 0 Å². The Balaban J connectivity index is 0.00000280. The quantitative estimate of drug-likeness (QED) is 0.344. The van der Waals surface area contributed by atoms with Crippen LogP contribution in [0.3, 0.4) is 0 Å². The molecule has 3 aromatic rings. The average Bonchev–Trinajstić information content (AvgIpc) is 3.23. The first-order valence-electron chi connectivity index (χ1n) is 8.42. The molecule has 1 amide bonds. The summed E-state index contributed by atoms with van der Waals surface area (Å²) >= 11 is 7.32. The molecule has 28 heavy (non-hydrogen) atoms. The van der Waals surface area contributed by atoms with Crippen LogP contribution in [0.15, 0.2) is 35.7 Å². The van der Waals surface area contributed by atoms with E-state index in [9.17, 15) is 14.7 Å². The zero-order valence-corrected chi connectivity index (χ0v) is 19.6. The van der Waals surface area contributed by atoms with E-state index in [1.807, 2.05) is 19.0 Å². The molecule has 0 atom stereocenters. The van der Waals surface area contributed by atoms with Gasteiger partial charge in [-0.25, -0.2) is 4.79 Å². The monoisotopic (exact) mass is 429 g/mol. The fourth-order valence-electron chi connectivity index (χ4n) is 2.86. The molecule has 2 aromatic heterocycles. The van der Waals surface area contributed by atoms with E-state index in [4.69, 9.17) is 11.6 Å². The molecule has 0 bridgehead atoms. The number of hydrogen-bond acceptors (Lipinski definition) is 5. The molecule has 0 aliphatic heterocycles. The molecule has 0 spiro atoms. The Morgan fingerprint density at radius 2 is 2.11 bits per heavy atom. The maximum absolute atomic E-state index is 13.0. The minimum Gasteiger partial charge on any atom is -0.859 e. The number of carbonyl (C=O) groups excluding carboxylic acids is 2. The molecular formula is C19H19ClN3NaO3S. The summed E-state index contributed by atoms with van der Waals surface area (Å²) in [5, 5.41) is 18.2. The molecule has 0 radical (unpaired) electrons. The van der Waals surface area contributed by atoms with E-state index in [0.29, 0.717) is 27.3 Å². The second kappa shape index (κ2) is 9.91. The first-order valence-corrected chi connectivity index (χ1v) is 9.68. The Kier molecular flexibility index (Phi) is 8.12. The van der Waals surface area contributed by atoms with Gasteiger partial charge in [0.2, 0.25) is 5.78 Å². The number of fused-ring (bicyclic) bond motifs is 1. The molecule has 2 heterocycles. The van der Waals surface area contributed by atoms with Gasteiger partial charge in [-0.3, -0.25) is 9.36 Å². The zero-order chi connectivity index (χ0) is 19.6. The van der Waals surface area contributed by atoms with Gasteiger partial charge in [0, 0.05) is 22.5 Å². The summed E-state index contributed by atoms with van der Waals surface area (Å²) in [6.07, 6.45) is 0.749. The molecule has 9 heteroatoms. The third-order valence-electron chi connectivity index (χ3n) is 4.12. The maximum atomic E-state index is 13.0. The fraction of sp³-hybridized carbons (Fsp3) is 0.263. The second-order valence-electron chi connectivity index (χ2n) is 6.37. The molecule has 0 unspecified atom stereocenters. The van der Waals surface area contributed by atoms with Crippen LogP contribution in [-0.2, 0) is 0 Å². The number of amides is 1. The number of carbonyl (C=O) groups is 2. The molecule has 0 fully saturated rings. The second-order valence-corrected chi connectivity index (χ2v) is 7.76. The van der Waals surface area contributed by atoms with Crippen LogP contribution in [-0.4, -0.2) is 48.5 Å². The van der Waals surface area contributed by atoms with Gasteiger partial charge in [0.05, 0.1) is 10.4 Å². The van der Waals surface area contributed by atoms with Gasteiger partial charge in [-0.2, -0.15) is 0 Å². The van der Waals surface area contributed by atoms with E-state index in [2.05, 4.69) is 5.32 Å². The van der Waals surface area contributed by atoms with Gasteiger partial charge >= 0.3 is 35.6 Å². The number of nitrogens with zero attached hydrogens (tertiary/aromatic N) is 2. The van der Waals surface area contributed by atoms with Gasteiger partial charge in [-0.1, -0.05) is 17.7 Å². The van der Waals surface area contributed by atoms with E-state index >= 15 is 0 Å². The summed E-state index contributed by atoms with van der Waals surface area (Å²) in [6.45, 7) is 1.24. The van der Waals surface area contributed by atoms with Crippen LogP contribution in [0.1, 0.15) is 21.7 Å². The van der Waals surface area contributed by atoms with E-state index < -0.39 is 17.7 Å². The predicted molar refractivity (Wildman–Crippen MR) is 106 cm³/mol. The summed E-state index contributed by atoms with van der Waals surface area (Å²) in [4.78, 5) is 27.9. The number of halogens is 1. The van der Waals surface area contributed by atoms with Crippen molar-refractivity contribution in [1.82, 2.24) is 14.8 Å². The van der Waals surface area contributed by atoms with Crippen LogP contribution in [0.2, 0.25) is 5.02 Å². The minimum atomic E-state index is -0.629. The SMILES string of the molecule is CN(C)CCCNC(=O)n1c([O-])c([14C](=O)c2cccs2)c2cc(Cl)ccc21.[Na+].